The van der Waals surface area contributed by atoms with Crippen molar-refractivity contribution in [3.63, 3.8) is 0 Å². The van der Waals surface area contributed by atoms with Gasteiger partial charge < -0.3 is 4.90 Å². The Labute approximate surface area is 144 Å². The van der Waals surface area contributed by atoms with Gasteiger partial charge in [0.1, 0.15) is 5.82 Å². The first kappa shape index (κ1) is 16.8. The molecule has 1 saturated carbocycles. The van der Waals surface area contributed by atoms with E-state index in [0.29, 0.717) is 11.1 Å². The molecule has 25 heavy (non-hydrogen) atoms. The molecule has 1 aliphatic rings. The van der Waals surface area contributed by atoms with E-state index >= 15 is 0 Å². The Morgan fingerprint density at radius 3 is 2.68 bits per heavy atom. The summed E-state index contributed by atoms with van der Waals surface area (Å²) in [4.78, 5) is 24.5. The van der Waals surface area contributed by atoms with Crippen LogP contribution in [0.1, 0.15) is 24.0 Å². The molecular formula is C19H17FN2O3. The van der Waals surface area contributed by atoms with Crippen LogP contribution in [0.3, 0.4) is 0 Å². The third-order valence-corrected chi connectivity index (χ3v) is 4.07. The largest absolute Gasteiger partial charge is 0.332 e. The zero-order valence-corrected chi connectivity index (χ0v) is 13.5. The average molecular weight is 340 g/mol. The number of carbonyl (C=O) groups is 1. The summed E-state index contributed by atoms with van der Waals surface area (Å²) in [6.07, 6.45) is 4.75. The fourth-order valence-electron chi connectivity index (χ4n) is 2.59. The van der Waals surface area contributed by atoms with Crippen LogP contribution < -0.4 is 0 Å². The molecule has 6 heteroatoms. The summed E-state index contributed by atoms with van der Waals surface area (Å²) in [5, 5.41) is 10.8. The molecule has 0 unspecified atom stereocenters. The van der Waals surface area contributed by atoms with E-state index in [2.05, 4.69) is 0 Å². The zero-order valence-electron chi connectivity index (χ0n) is 13.5. The number of benzene rings is 2. The maximum Gasteiger partial charge on any atom is 0.270 e. The third-order valence-electron chi connectivity index (χ3n) is 4.07. The summed E-state index contributed by atoms with van der Waals surface area (Å²) >= 11 is 0. The van der Waals surface area contributed by atoms with Gasteiger partial charge in [-0.15, -0.1) is 0 Å². The normalized spacial score (nSPS) is 13.8. The summed E-state index contributed by atoms with van der Waals surface area (Å²) in [7, 11) is 0. The van der Waals surface area contributed by atoms with Crippen molar-refractivity contribution >= 4 is 17.7 Å². The van der Waals surface area contributed by atoms with E-state index in [1.54, 1.807) is 41.3 Å². The molecule has 0 radical (unpaired) electrons. The Kier molecular flexibility index (Phi) is 4.88. The number of hydrogen-bond donors (Lipinski definition) is 0. The second kappa shape index (κ2) is 7.25. The maximum atomic E-state index is 13.8. The molecule has 1 aliphatic carbocycles. The van der Waals surface area contributed by atoms with Crippen molar-refractivity contribution in [2.75, 3.05) is 0 Å². The van der Waals surface area contributed by atoms with Crippen molar-refractivity contribution < 1.29 is 14.1 Å². The van der Waals surface area contributed by atoms with E-state index in [0.717, 1.165) is 12.8 Å². The average Bonchev–Trinajstić information content (AvgIpc) is 3.44. The highest BCUT2D eigenvalue weighted by Crippen LogP contribution is 2.29. The minimum absolute atomic E-state index is 0.0278. The minimum atomic E-state index is -0.478. The van der Waals surface area contributed by atoms with Crippen LogP contribution in [0.5, 0.6) is 0 Å². The molecule has 1 fully saturated rings. The standard InChI is InChI=1S/C19H17FN2O3/c20-18-7-2-1-5-15(18)13-21(16-9-10-16)19(23)11-8-14-4-3-6-17(12-14)22(24)25/h1-8,11-12,16H,9-10,13H2/b11-8+. The number of carbonyl (C=O) groups excluding carboxylic acids is 1. The quantitative estimate of drug-likeness (QED) is 0.454. The van der Waals surface area contributed by atoms with Gasteiger partial charge in [-0.25, -0.2) is 4.39 Å². The number of halogens is 1. The topological polar surface area (TPSA) is 63.4 Å². The van der Waals surface area contributed by atoms with Gasteiger partial charge in [-0.05, 0) is 30.5 Å². The highest BCUT2D eigenvalue weighted by Gasteiger charge is 2.31. The van der Waals surface area contributed by atoms with Gasteiger partial charge in [-0.1, -0.05) is 30.3 Å². The molecule has 0 aliphatic heterocycles. The molecule has 0 heterocycles. The highest BCUT2D eigenvalue weighted by atomic mass is 19.1. The molecule has 0 aromatic heterocycles. The van der Waals surface area contributed by atoms with Gasteiger partial charge in [-0.2, -0.15) is 0 Å². The Hall–Kier alpha value is -3.02. The van der Waals surface area contributed by atoms with Gasteiger partial charge in [0, 0.05) is 36.4 Å². The van der Waals surface area contributed by atoms with E-state index < -0.39 is 4.92 Å². The maximum absolute atomic E-state index is 13.8. The second-order valence-electron chi connectivity index (χ2n) is 5.97. The summed E-state index contributed by atoms with van der Waals surface area (Å²) < 4.78 is 13.8. The van der Waals surface area contributed by atoms with Gasteiger partial charge in [0.05, 0.1) is 4.92 Å². The van der Waals surface area contributed by atoms with Crippen LogP contribution >= 0.6 is 0 Å². The van der Waals surface area contributed by atoms with Crippen LogP contribution in [0.15, 0.2) is 54.6 Å². The highest BCUT2D eigenvalue weighted by molar-refractivity contribution is 5.92. The zero-order chi connectivity index (χ0) is 17.8. The smallest absolute Gasteiger partial charge is 0.270 e. The summed E-state index contributed by atoms with van der Waals surface area (Å²) in [5.41, 5.74) is 1.02. The molecule has 0 spiro atoms. The first-order chi connectivity index (χ1) is 12.0. The lowest BCUT2D eigenvalue weighted by molar-refractivity contribution is -0.384. The van der Waals surface area contributed by atoms with Crippen LogP contribution in [0.4, 0.5) is 10.1 Å². The Balaban J connectivity index is 1.74. The van der Waals surface area contributed by atoms with Crippen molar-refractivity contribution in [1.29, 1.82) is 0 Å². The SMILES string of the molecule is O=C(/C=C/c1cccc([N+](=O)[O-])c1)N(Cc1ccccc1F)C1CC1. The molecule has 0 bridgehead atoms. The predicted molar refractivity (Wildman–Crippen MR) is 92.1 cm³/mol. The van der Waals surface area contributed by atoms with E-state index in [-0.39, 0.29) is 30.0 Å². The first-order valence-corrected chi connectivity index (χ1v) is 8.01. The summed E-state index contributed by atoms with van der Waals surface area (Å²) in [5.74, 6) is -0.555. The van der Waals surface area contributed by atoms with Crippen molar-refractivity contribution in [2.45, 2.75) is 25.4 Å². The van der Waals surface area contributed by atoms with Crippen molar-refractivity contribution in [3.05, 3.63) is 81.7 Å². The number of nitro groups is 1. The van der Waals surface area contributed by atoms with E-state index in [9.17, 15) is 19.3 Å². The number of amides is 1. The fourth-order valence-corrected chi connectivity index (χ4v) is 2.59. The lowest BCUT2D eigenvalue weighted by atomic mass is 10.1. The minimum Gasteiger partial charge on any atom is -0.332 e. The fraction of sp³-hybridized carbons (Fsp3) is 0.211. The van der Waals surface area contributed by atoms with Crippen molar-refractivity contribution in [1.82, 2.24) is 4.90 Å². The first-order valence-electron chi connectivity index (χ1n) is 8.01. The number of nitrogens with zero attached hydrogens (tertiary/aromatic N) is 2. The van der Waals surface area contributed by atoms with Crippen LogP contribution in [0.25, 0.3) is 6.08 Å². The second-order valence-corrected chi connectivity index (χ2v) is 5.97. The number of rotatable bonds is 6. The molecule has 3 rings (SSSR count). The molecular weight excluding hydrogens is 323 g/mol. The molecule has 0 saturated heterocycles. The van der Waals surface area contributed by atoms with Gasteiger partial charge in [0.15, 0.2) is 0 Å². The molecule has 2 aromatic carbocycles. The third kappa shape index (κ3) is 4.29. The van der Waals surface area contributed by atoms with Gasteiger partial charge in [0.25, 0.3) is 5.69 Å². The molecule has 1 amide bonds. The Bertz CT molecular complexity index is 831. The Morgan fingerprint density at radius 1 is 1.24 bits per heavy atom. The molecule has 0 atom stereocenters. The van der Waals surface area contributed by atoms with E-state index in [1.165, 1.54) is 24.3 Å². The van der Waals surface area contributed by atoms with Gasteiger partial charge in [0.2, 0.25) is 5.91 Å². The molecule has 128 valence electrons. The van der Waals surface area contributed by atoms with Crippen molar-refractivity contribution in [3.8, 4) is 0 Å². The van der Waals surface area contributed by atoms with Crippen LogP contribution in [0, 0.1) is 15.9 Å². The van der Waals surface area contributed by atoms with Crippen LogP contribution in [0.2, 0.25) is 0 Å². The van der Waals surface area contributed by atoms with Crippen LogP contribution in [-0.4, -0.2) is 21.8 Å². The summed E-state index contributed by atoms with van der Waals surface area (Å²) in [6.45, 7) is 0.218. The van der Waals surface area contributed by atoms with Gasteiger partial charge >= 0.3 is 0 Å². The Morgan fingerprint density at radius 2 is 2.00 bits per heavy atom. The molecule has 5 nitrogen and oxygen atoms in total. The lowest BCUT2D eigenvalue weighted by Crippen LogP contribution is -2.31. The van der Waals surface area contributed by atoms with E-state index in [4.69, 9.17) is 0 Å². The number of nitro benzene ring substituents is 1. The number of hydrogen-bond acceptors (Lipinski definition) is 3. The number of non-ortho nitro benzene ring substituents is 1. The molecule has 2 aromatic rings. The van der Waals surface area contributed by atoms with E-state index in [1.807, 2.05) is 0 Å². The van der Waals surface area contributed by atoms with Crippen LogP contribution in [-0.2, 0) is 11.3 Å². The summed E-state index contributed by atoms with van der Waals surface area (Å²) in [6, 6.07) is 12.6. The van der Waals surface area contributed by atoms with Gasteiger partial charge in [-0.3, -0.25) is 14.9 Å². The van der Waals surface area contributed by atoms with Crippen molar-refractivity contribution in [2.24, 2.45) is 0 Å². The predicted octanol–water partition coefficient (Wildman–Crippen LogP) is 3.94. The monoisotopic (exact) mass is 340 g/mol. The lowest BCUT2D eigenvalue weighted by Gasteiger charge is -2.21. The molecule has 0 N–H and O–H groups in total.